The lowest BCUT2D eigenvalue weighted by Crippen LogP contribution is -2.30. The highest BCUT2D eigenvalue weighted by Gasteiger charge is 2.12. The first-order valence-corrected chi connectivity index (χ1v) is 6.85. The first-order chi connectivity index (χ1) is 8.98. The van der Waals surface area contributed by atoms with Gasteiger partial charge in [-0.05, 0) is 5.41 Å². The molecule has 0 aromatic heterocycles. The second kappa shape index (κ2) is 5.81. The van der Waals surface area contributed by atoms with Crippen molar-refractivity contribution in [3.05, 3.63) is 43.3 Å². The van der Waals surface area contributed by atoms with Crippen molar-refractivity contribution in [3.8, 4) is 0 Å². The quantitative estimate of drug-likeness (QED) is 0.797. The maximum absolute atomic E-state index is 11.8. The summed E-state index contributed by atoms with van der Waals surface area (Å²) in [6, 6.07) is 2.60. The molecule has 4 nitrogen and oxygen atoms in total. The van der Waals surface area contributed by atoms with Gasteiger partial charge in [-0.2, -0.15) is 0 Å². The third-order valence-corrected chi connectivity index (χ3v) is 2.49. The third-order valence-electron chi connectivity index (χ3n) is 2.49. The van der Waals surface area contributed by atoms with Crippen LogP contribution in [0, 0.1) is 10.8 Å². The van der Waals surface area contributed by atoms with Crippen molar-refractivity contribution in [1.82, 2.24) is 0 Å². The lowest BCUT2D eigenvalue weighted by atomic mass is 9.97. The van der Waals surface area contributed by atoms with Crippen LogP contribution in [-0.4, -0.2) is 13.1 Å². The Hall–Kier alpha value is -1.58. The summed E-state index contributed by atoms with van der Waals surface area (Å²) in [5.74, 6) is 0. The minimum atomic E-state index is -0.325. The van der Waals surface area contributed by atoms with Crippen LogP contribution < -0.4 is 16.2 Å². The molecule has 0 aliphatic rings. The van der Waals surface area contributed by atoms with Crippen molar-refractivity contribution in [1.29, 1.82) is 0 Å². The van der Waals surface area contributed by atoms with Crippen molar-refractivity contribution in [2.45, 2.75) is 41.5 Å². The highest BCUT2D eigenvalue weighted by molar-refractivity contribution is 5.47. The van der Waals surface area contributed by atoms with Gasteiger partial charge in [0.25, 0.3) is 5.43 Å². The molecule has 4 heteroatoms. The maximum Gasteiger partial charge on any atom is 0.314 e. The third kappa shape index (κ3) is 5.59. The van der Waals surface area contributed by atoms with Crippen molar-refractivity contribution < 1.29 is 0 Å². The Morgan fingerprint density at radius 3 is 2.15 bits per heavy atom. The number of hydrogen-bond acceptors (Lipinski definition) is 3. The largest absolute Gasteiger partial charge is 0.620 e. The number of nitrogens with zero attached hydrogens (tertiary/aromatic N) is 2. The molecule has 0 spiro atoms. The van der Waals surface area contributed by atoms with Gasteiger partial charge in [0.15, 0.2) is 0 Å². The zero-order valence-corrected chi connectivity index (χ0v) is 13.3. The van der Waals surface area contributed by atoms with Gasteiger partial charge in [0, 0.05) is 5.69 Å². The smallest absolute Gasteiger partial charge is 0.314 e. The molecule has 0 aliphatic carbocycles. The van der Waals surface area contributed by atoms with Crippen LogP contribution in [-0.2, 0) is 0 Å². The van der Waals surface area contributed by atoms with Crippen LogP contribution >= 0.6 is 0 Å². The van der Waals surface area contributed by atoms with Gasteiger partial charge < -0.3 is 5.32 Å². The van der Waals surface area contributed by atoms with E-state index in [1.54, 1.807) is 0 Å². The van der Waals surface area contributed by atoms with Gasteiger partial charge in [0.05, 0.1) is 12.6 Å². The Bertz CT molecular complexity index is 616. The Morgan fingerprint density at radius 1 is 1.05 bits per heavy atom. The normalized spacial score (nSPS) is 13.6. The van der Waals surface area contributed by atoms with Crippen molar-refractivity contribution >= 4 is 5.69 Å². The first-order valence-electron chi connectivity index (χ1n) is 6.85. The topological polar surface area (TPSA) is 60.6 Å². The highest BCUT2D eigenvalue weighted by atomic mass is 16.1. The molecule has 110 valence electrons. The van der Waals surface area contributed by atoms with Gasteiger partial charge >= 0.3 is 5.43 Å². The molecule has 0 heterocycles. The number of benzene rings is 1. The molecule has 0 amide bonds. The van der Waals surface area contributed by atoms with E-state index in [0.29, 0.717) is 24.1 Å². The molecule has 0 aliphatic heterocycles. The van der Waals surface area contributed by atoms with E-state index in [0.717, 1.165) is 6.07 Å². The predicted molar refractivity (Wildman–Crippen MR) is 83.0 cm³/mol. The van der Waals surface area contributed by atoms with Gasteiger partial charge in [-0.1, -0.05) is 47.0 Å². The molecule has 0 N–H and O–H groups in total. The molecule has 0 bridgehead atoms. The maximum atomic E-state index is 11.8. The monoisotopic (exact) mass is 276 g/mol. The molecular formula is C16H24N2O2. The van der Waals surface area contributed by atoms with Crippen LogP contribution in [0.25, 0.3) is 5.32 Å². The molecule has 0 fully saturated rings. The Labute approximate surface area is 120 Å². The van der Waals surface area contributed by atoms with Crippen molar-refractivity contribution in [2.24, 2.45) is 15.8 Å². The van der Waals surface area contributed by atoms with E-state index in [4.69, 9.17) is 0 Å². The Balaban J connectivity index is 3.10. The van der Waals surface area contributed by atoms with Gasteiger partial charge in [-0.25, -0.2) is 4.99 Å². The van der Waals surface area contributed by atoms with Crippen LogP contribution in [0.2, 0.25) is 0 Å². The Morgan fingerprint density at radius 2 is 1.65 bits per heavy atom. The van der Waals surface area contributed by atoms with Gasteiger partial charge in [-0.15, -0.1) is 6.54 Å². The van der Waals surface area contributed by atoms with E-state index in [1.165, 1.54) is 6.07 Å². The number of hydrogen-bond donors (Lipinski definition) is 0. The second-order valence-electron chi connectivity index (χ2n) is 7.54. The molecule has 0 unspecified atom stereocenters. The van der Waals surface area contributed by atoms with Crippen LogP contribution in [0.15, 0.2) is 26.7 Å². The summed E-state index contributed by atoms with van der Waals surface area (Å²) < 4.78 is 0. The fraction of sp³-hybridized carbons (Fsp3) is 0.625. The zero-order valence-electron chi connectivity index (χ0n) is 13.3. The highest BCUT2D eigenvalue weighted by Crippen LogP contribution is 2.20. The van der Waals surface area contributed by atoms with Crippen LogP contribution in [0.4, 0.5) is 5.69 Å². The van der Waals surface area contributed by atoms with Gasteiger partial charge in [0.2, 0.25) is 5.36 Å². The summed E-state index contributed by atoms with van der Waals surface area (Å²) in [4.78, 5) is 27.9. The van der Waals surface area contributed by atoms with Crippen LogP contribution in [0.1, 0.15) is 41.5 Å². The molecule has 1 aromatic carbocycles. The first kappa shape index (κ1) is 16.5. The average molecular weight is 276 g/mol. The van der Waals surface area contributed by atoms with E-state index in [9.17, 15) is 9.59 Å². The van der Waals surface area contributed by atoms with Crippen LogP contribution in [0.5, 0.6) is 0 Å². The second-order valence-corrected chi connectivity index (χ2v) is 7.54. The van der Waals surface area contributed by atoms with E-state index >= 15 is 0 Å². The molecule has 0 atom stereocenters. The van der Waals surface area contributed by atoms with Gasteiger partial charge in [0.1, 0.15) is 6.07 Å². The SMILES string of the molecule is CC(C)(C)CN=c1cc([N-]CC(C)(C)C)c(=O)[cH+]c1=O. The molecule has 1 rings (SSSR count). The Kier molecular flexibility index (Phi) is 4.79. The summed E-state index contributed by atoms with van der Waals surface area (Å²) in [7, 11) is 0. The molecule has 1 aromatic rings. The van der Waals surface area contributed by atoms with Crippen molar-refractivity contribution in [3.63, 3.8) is 0 Å². The zero-order chi connectivity index (χ0) is 15.6. The summed E-state index contributed by atoms with van der Waals surface area (Å²) in [5.41, 5.74) is -0.313. The standard InChI is InChI=1S/C16H24N2O2/c1-15(2,3)9-17-11-7-12(14(20)8-13(11)19)18-10-16(4,5)6/h7-8H,9-10H2,1-6H3. The minimum absolute atomic E-state index is 0.00525. The molecule has 0 saturated heterocycles. The minimum Gasteiger partial charge on any atom is -0.620 e. The lowest BCUT2D eigenvalue weighted by molar-refractivity contribution is 0.425. The van der Waals surface area contributed by atoms with E-state index < -0.39 is 0 Å². The molecule has 0 radical (unpaired) electrons. The van der Waals surface area contributed by atoms with Crippen LogP contribution in [0.3, 0.4) is 0 Å². The van der Waals surface area contributed by atoms with E-state index in [2.05, 4.69) is 10.3 Å². The van der Waals surface area contributed by atoms with E-state index in [-0.39, 0.29) is 21.7 Å². The summed E-state index contributed by atoms with van der Waals surface area (Å²) in [6.45, 7) is 13.4. The fourth-order valence-corrected chi connectivity index (χ4v) is 1.43. The number of rotatable bonds is 3. The van der Waals surface area contributed by atoms with Gasteiger partial charge in [-0.3, -0.25) is 9.59 Å². The summed E-state index contributed by atoms with van der Waals surface area (Å²) >= 11 is 0. The lowest BCUT2D eigenvalue weighted by Gasteiger charge is -2.27. The molecule has 20 heavy (non-hydrogen) atoms. The molecular weight excluding hydrogens is 252 g/mol. The predicted octanol–water partition coefficient (Wildman–Crippen LogP) is 2.56. The summed E-state index contributed by atoms with van der Waals surface area (Å²) in [6.07, 6.45) is 0. The van der Waals surface area contributed by atoms with Crippen molar-refractivity contribution in [2.75, 3.05) is 13.1 Å². The van der Waals surface area contributed by atoms with E-state index in [1.807, 2.05) is 41.5 Å². The average Bonchev–Trinajstić information content (AvgIpc) is 2.24. The molecule has 0 saturated carbocycles. The fourth-order valence-electron chi connectivity index (χ4n) is 1.43. The summed E-state index contributed by atoms with van der Waals surface area (Å²) in [5, 5.41) is 4.64.